The second-order valence-electron chi connectivity index (χ2n) is 10.0. The molecule has 3 heteroatoms. The van der Waals surface area contributed by atoms with Crippen molar-refractivity contribution < 1.29 is 4.42 Å². The number of hydrogen-bond acceptors (Lipinski definition) is 1. The SMILES string of the molecule is [C-]#[N+]c1cccc(-c2ccc(-c3ccc4oc5ccccc5c4c3)cc2)c1-n1c2ccccc2c2ccccc21. The van der Waals surface area contributed by atoms with E-state index in [0.29, 0.717) is 5.69 Å². The predicted octanol–water partition coefficient (Wildman–Crippen LogP) is 10.6. The fourth-order valence-electron chi connectivity index (χ4n) is 6.00. The molecule has 0 spiro atoms. The Morgan fingerprint density at radius 1 is 0.500 bits per heavy atom. The summed E-state index contributed by atoms with van der Waals surface area (Å²) in [6.07, 6.45) is 0. The number of hydrogen-bond donors (Lipinski definition) is 0. The molecule has 186 valence electrons. The number of para-hydroxylation sites is 4. The van der Waals surface area contributed by atoms with Crippen LogP contribution in [0, 0.1) is 6.57 Å². The van der Waals surface area contributed by atoms with Gasteiger partial charge in [-0.25, -0.2) is 4.85 Å². The Labute approximate surface area is 231 Å². The minimum absolute atomic E-state index is 0.630. The molecule has 0 fully saturated rings. The number of nitrogens with zero attached hydrogens (tertiary/aromatic N) is 2. The first-order valence-corrected chi connectivity index (χ1v) is 13.3. The summed E-state index contributed by atoms with van der Waals surface area (Å²) in [5.74, 6) is 0. The lowest BCUT2D eigenvalue weighted by Crippen LogP contribution is -1.97. The Bertz CT molecular complexity index is 2220. The number of furan rings is 1. The molecule has 40 heavy (non-hydrogen) atoms. The monoisotopic (exact) mass is 510 g/mol. The molecule has 0 amide bonds. The molecule has 0 radical (unpaired) electrons. The molecule has 2 heterocycles. The topological polar surface area (TPSA) is 22.4 Å². The number of benzene rings is 6. The molecule has 8 aromatic rings. The maximum absolute atomic E-state index is 8.02. The third kappa shape index (κ3) is 3.30. The van der Waals surface area contributed by atoms with E-state index in [1.807, 2.05) is 30.3 Å². The van der Waals surface area contributed by atoms with Gasteiger partial charge >= 0.3 is 0 Å². The lowest BCUT2D eigenvalue weighted by molar-refractivity contribution is 0.669. The van der Waals surface area contributed by atoms with Crippen LogP contribution in [0.4, 0.5) is 5.69 Å². The molecule has 0 unspecified atom stereocenters. The lowest BCUT2D eigenvalue weighted by atomic mass is 9.97. The van der Waals surface area contributed by atoms with Crippen molar-refractivity contribution >= 4 is 49.4 Å². The van der Waals surface area contributed by atoms with Gasteiger partial charge in [-0.05, 0) is 52.6 Å². The summed E-state index contributed by atoms with van der Waals surface area (Å²) in [6, 6.07) is 46.1. The second-order valence-corrected chi connectivity index (χ2v) is 10.0. The van der Waals surface area contributed by atoms with Crippen molar-refractivity contribution in [1.29, 1.82) is 0 Å². The largest absolute Gasteiger partial charge is 0.456 e. The van der Waals surface area contributed by atoms with Gasteiger partial charge in [0.2, 0.25) is 5.69 Å². The molecule has 6 aromatic carbocycles. The van der Waals surface area contributed by atoms with Crippen molar-refractivity contribution in [3.8, 4) is 27.9 Å². The molecule has 2 aromatic heterocycles. The van der Waals surface area contributed by atoms with Crippen molar-refractivity contribution in [2.24, 2.45) is 0 Å². The van der Waals surface area contributed by atoms with Gasteiger partial charge in [-0.3, -0.25) is 0 Å². The van der Waals surface area contributed by atoms with Crippen LogP contribution in [0.2, 0.25) is 0 Å². The smallest absolute Gasteiger partial charge is 0.211 e. The fourth-order valence-corrected chi connectivity index (χ4v) is 6.00. The van der Waals surface area contributed by atoms with E-state index in [9.17, 15) is 0 Å². The van der Waals surface area contributed by atoms with Gasteiger partial charge in [0.25, 0.3) is 0 Å². The molecule has 0 aliphatic rings. The summed E-state index contributed by atoms with van der Waals surface area (Å²) in [5, 5.41) is 4.61. The van der Waals surface area contributed by atoms with Gasteiger partial charge in [0.15, 0.2) is 0 Å². The van der Waals surface area contributed by atoms with E-state index in [2.05, 4.69) is 113 Å². The number of rotatable bonds is 3. The van der Waals surface area contributed by atoms with E-state index in [0.717, 1.165) is 60.9 Å². The van der Waals surface area contributed by atoms with Crippen LogP contribution in [-0.2, 0) is 0 Å². The lowest BCUT2D eigenvalue weighted by Gasteiger charge is -2.16. The Balaban J connectivity index is 1.30. The van der Waals surface area contributed by atoms with Crippen molar-refractivity contribution in [3.63, 3.8) is 0 Å². The van der Waals surface area contributed by atoms with Gasteiger partial charge in [-0.1, -0.05) is 103 Å². The van der Waals surface area contributed by atoms with Crippen LogP contribution in [0.1, 0.15) is 0 Å². The Hall–Kier alpha value is -5.59. The van der Waals surface area contributed by atoms with Gasteiger partial charge < -0.3 is 8.98 Å². The number of aromatic nitrogens is 1. The molecule has 0 aliphatic heterocycles. The molecule has 0 bridgehead atoms. The van der Waals surface area contributed by atoms with Gasteiger partial charge in [0.1, 0.15) is 11.2 Å². The molecular formula is C37H22N2O. The Morgan fingerprint density at radius 3 is 1.82 bits per heavy atom. The molecular weight excluding hydrogens is 488 g/mol. The van der Waals surface area contributed by atoms with Crippen LogP contribution in [0.15, 0.2) is 138 Å². The van der Waals surface area contributed by atoms with Crippen LogP contribution >= 0.6 is 0 Å². The molecule has 0 N–H and O–H groups in total. The van der Waals surface area contributed by atoms with Crippen molar-refractivity contribution in [3.05, 3.63) is 145 Å². The first kappa shape index (κ1) is 22.4. The first-order valence-electron chi connectivity index (χ1n) is 13.3. The number of fused-ring (bicyclic) bond motifs is 6. The third-order valence-corrected chi connectivity index (χ3v) is 7.84. The van der Waals surface area contributed by atoms with E-state index < -0.39 is 0 Å². The summed E-state index contributed by atoms with van der Waals surface area (Å²) in [7, 11) is 0. The van der Waals surface area contributed by atoms with Crippen LogP contribution in [0.5, 0.6) is 0 Å². The molecule has 3 nitrogen and oxygen atoms in total. The molecule has 0 saturated heterocycles. The predicted molar refractivity (Wildman–Crippen MR) is 165 cm³/mol. The molecule has 0 aliphatic carbocycles. The average molecular weight is 511 g/mol. The van der Waals surface area contributed by atoms with Gasteiger partial charge in [-0.2, -0.15) is 0 Å². The fraction of sp³-hybridized carbons (Fsp3) is 0. The normalized spacial score (nSPS) is 11.5. The summed E-state index contributed by atoms with van der Waals surface area (Å²) in [6.45, 7) is 8.02. The highest BCUT2D eigenvalue weighted by atomic mass is 16.3. The minimum Gasteiger partial charge on any atom is -0.456 e. The van der Waals surface area contributed by atoms with Gasteiger partial charge in [0, 0.05) is 21.5 Å². The standard InChI is InChI=1S/C37H22N2O/c1-38-32-13-8-12-27(37(32)39-33-14-5-2-9-28(33)29-10-3-6-15-34(29)39)25-19-17-24(18-20-25)26-21-22-36-31(23-26)30-11-4-7-16-35(30)40-36/h2-23H. The average Bonchev–Trinajstić information content (AvgIpc) is 3.56. The van der Waals surface area contributed by atoms with E-state index in [-0.39, 0.29) is 0 Å². The van der Waals surface area contributed by atoms with E-state index >= 15 is 0 Å². The summed E-state index contributed by atoms with van der Waals surface area (Å²) < 4.78 is 8.27. The maximum atomic E-state index is 8.02. The summed E-state index contributed by atoms with van der Waals surface area (Å²) in [4.78, 5) is 3.96. The van der Waals surface area contributed by atoms with Crippen LogP contribution in [-0.4, -0.2) is 4.57 Å². The van der Waals surface area contributed by atoms with Crippen molar-refractivity contribution in [2.75, 3.05) is 0 Å². The quantitative estimate of drug-likeness (QED) is 0.217. The Morgan fingerprint density at radius 2 is 1.10 bits per heavy atom. The zero-order valence-corrected chi connectivity index (χ0v) is 21.5. The summed E-state index contributed by atoms with van der Waals surface area (Å²) in [5.41, 5.74) is 9.91. The summed E-state index contributed by atoms with van der Waals surface area (Å²) >= 11 is 0. The molecule has 0 atom stereocenters. The highest BCUT2D eigenvalue weighted by molar-refractivity contribution is 6.10. The zero-order valence-electron chi connectivity index (χ0n) is 21.5. The van der Waals surface area contributed by atoms with Gasteiger partial charge in [-0.15, -0.1) is 0 Å². The van der Waals surface area contributed by atoms with Gasteiger partial charge in [0.05, 0.1) is 23.3 Å². The van der Waals surface area contributed by atoms with E-state index in [4.69, 9.17) is 11.0 Å². The molecule has 8 rings (SSSR count). The zero-order chi connectivity index (χ0) is 26.6. The second kappa shape index (κ2) is 8.73. The first-order chi connectivity index (χ1) is 19.8. The van der Waals surface area contributed by atoms with Crippen LogP contribution in [0.3, 0.4) is 0 Å². The van der Waals surface area contributed by atoms with Crippen LogP contribution in [0.25, 0.3) is 76.5 Å². The highest BCUT2D eigenvalue weighted by Gasteiger charge is 2.18. The third-order valence-electron chi connectivity index (χ3n) is 7.84. The molecule has 0 saturated carbocycles. The van der Waals surface area contributed by atoms with Crippen molar-refractivity contribution in [1.82, 2.24) is 4.57 Å². The maximum Gasteiger partial charge on any atom is 0.211 e. The minimum atomic E-state index is 0.630. The van der Waals surface area contributed by atoms with Crippen LogP contribution < -0.4 is 0 Å². The van der Waals surface area contributed by atoms with E-state index in [1.54, 1.807) is 0 Å². The van der Waals surface area contributed by atoms with Crippen molar-refractivity contribution in [2.45, 2.75) is 0 Å². The van der Waals surface area contributed by atoms with E-state index in [1.165, 1.54) is 10.8 Å². The highest BCUT2D eigenvalue weighted by Crippen LogP contribution is 2.41. The Kier molecular flexibility index (Phi) is 4.89.